The van der Waals surface area contributed by atoms with Gasteiger partial charge in [-0.2, -0.15) is 0 Å². The van der Waals surface area contributed by atoms with E-state index in [4.69, 9.17) is 0 Å². The zero-order valence-electron chi connectivity index (χ0n) is 10.7. The summed E-state index contributed by atoms with van der Waals surface area (Å²) >= 11 is 0. The Balaban J connectivity index is 1.99. The maximum Gasteiger partial charge on any atom is 0.220 e. The van der Waals surface area contributed by atoms with Crippen LogP contribution in [0.15, 0.2) is 0 Å². The molecule has 2 fully saturated rings. The largest absolute Gasteiger partial charge is 0.350 e. The minimum Gasteiger partial charge on any atom is -0.350 e. The molecule has 0 radical (unpaired) electrons. The Kier molecular flexibility index (Phi) is 3.56. The monoisotopic (exact) mass is 223 g/mol. The summed E-state index contributed by atoms with van der Waals surface area (Å²) in [5.41, 5.74) is 0.124. The van der Waals surface area contributed by atoms with Crippen LogP contribution in [0.25, 0.3) is 0 Å². The summed E-state index contributed by atoms with van der Waals surface area (Å²) < 4.78 is 0. The Morgan fingerprint density at radius 1 is 1.31 bits per heavy atom. The smallest absolute Gasteiger partial charge is 0.220 e. The standard InChI is InChI=1S/C14H25NO/c1-11(2)14(9-8-13(16)15-14)10-12-6-4-3-5-7-12/h11-12H,3-10H2,1-2H3,(H,15,16). The van der Waals surface area contributed by atoms with Crippen LogP contribution in [0.3, 0.4) is 0 Å². The van der Waals surface area contributed by atoms with Crippen molar-refractivity contribution in [2.24, 2.45) is 11.8 Å². The van der Waals surface area contributed by atoms with E-state index in [0.717, 1.165) is 18.8 Å². The number of carbonyl (C=O) groups is 1. The van der Waals surface area contributed by atoms with Crippen molar-refractivity contribution in [2.75, 3.05) is 0 Å². The minimum atomic E-state index is 0.124. The lowest BCUT2D eigenvalue weighted by molar-refractivity contribution is -0.120. The number of rotatable bonds is 3. The normalized spacial score (nSPS) is 32.1. The fourth-order valence-electron chi connectivity index (χ4n) is 3.47. The predicted molar refractivity (Wildman–Crippen MR) is 66.1 cm³/mol. The second-order valence-electron chi connectivity index (χ2n) is 6.07. The lowest BCUT2D eigenvalue weighted by Gasteiger charge is -2.38. The van der Waals surface area contributed by atoms with E-state index in [1.54, 1.807) is 0 Å². The third kappa shape index (κ3) is 2.41. The summed E-state index contributed by atoms with van der Waals surface area (Å²) in [5.74, 6) is 1.69. The summed E-state index contributed by atoms with van der Waals surface area (Å²) in [5, 5.41) is 3.28. The summed E-state index contributed by atoms with van der Waals surface area (Å²) in [6.07, 6.45) is 9.98. The molecule has 0 spiro atoms. The van der Waals surface area contributed by atoms with E-state index in [0.29, 0.717) is 5.92 Å². The Labute approximate surface area is 99.2 Å². The zero-order valence-corrected chi connectivity index (χ0v) is 10.7. The molecule has 16 heavy (non-hydrogen) atoms. The molecule has 1 unspecified atom stereocenters. The Bertz CT molecular complexity index is 255. The molecular weight excluding hydrogens is 198 g/mol. The number of carbonyl (C=O) groups excluding carboxylic acids is 1. The van der Waals surface area contributed by atoms with Crippen molar-refractivity contribution in [1.82, 2.24) is 5.32 Å². The molecule has 1 saturated heterocycles. The van der Waals surface area contributed by atoms with Crippen molar-refractivity contribution < 1.29 is 4.79 Å². The van der Waals surface area contributed by atoms with E-state index in [9.17, 15) is 4.79 Å². The van der Waals surface area contributed by atoms with E-state index < -0.39 is 0 Å². The van der Waals surface area contributed by atoms with Gasteiger partial charge in [0.25, 0.3) is 0 Å². The summed E-state index contributed by atoms with van der Waals surface area (Å²) in [6.45, 7) is 4.52. The highest BCUT2D eigenvalue weighted by molar-refractivity contribution is 5.79. The minimum absolute atomic E-state index is 0.124. The van der Waals surface area contributed by atoms with Crippen LogP contribution in [0, 0.1) is 11.8 Å². The molecule has 92 valence electrons. The molecule has 1 aliphatic carbocycles. The van der Waals surface area contributed by atoms with Gasteiger partial charge in [0.15, 0.2) is 0 Å². The first-order valence-electron chi connectivity index (χ1n) is 6.93. The van der Waals surface area contributed by atoms with Crippen LogP contribution in [0.5, 0.6) is 0 Å². The predicted octanol–water partition coefficient (Wildman–Crippen LogP) is 3.26. The fraction of sp³-hybridized carbons (Fsp3) is 0.929. The summed E-state index contributed by atoms with van der Waals surface area (Å²) in [4.78, 5) is 11.5. The van der Waals surface area contributed by atoms with Gasteiger partial charge in [-0.15, -0.1) is 0 Å². The average molecular weight is 223 g/mol. The number of nitrogens with one attached hydrogen (secondary N) is 1. The highest BCUT2D eigenvalue weighted by atomic mass is 16.2. The van der Waals surface area contributed by atoms with Crippen molar-refractivity contribution in [3.05, 3.63) is 0 Å². The SMILES string of the molecule is CC(C)C1(CC2CCCCC2)CCC(=O)N1. The third-order valence-corrected chi connectivity index (χ3v) is 4.67. The maximum atomic E-state index is 11.5. The number of amides is 1. The molecule has 2 aliphatic rings. The molecule has 0 aromatic heterocycles. The van der Waals surface area contributed by atoms with Gasteiger partial charge in [0.2, 0.25) is 5.91 Å². The maximum absolute atomic E-state index is 11.5. The molecular formula is C14H25NO. The molecule has 1 N–H and O–H groups in total. The van der Waals surface area contributed by atoms with Crippen LogP contribution in [-0.4, -0.2) is 11.4 Å². The van der Waals surface area contributed by atoms with Gasteiger partial charge in [-0.3, -0.25) is 4.79 Å². The first-order chi connectivity index (χ1) is 7.62. The molecule has 1 aliphatic heterocycles. The Hall–Kier alpha value is -0.530. The molecule has 2 rings (SSSR count). The van der Waals surface area contributed by atoms with E-state index in [1.165, 1.54) is 38.5 Å². The molecule has 1 amide bonds. The first kappa shape index (κ1) is 11.9. The van der Waals surface area contributed by atoms with Crippen LogP contribution < -0.4 is 5.32 Å². The molecule has 0 aromatic carbocycles. The second kappa shape index (κ2) is 4.77. The van der Waals surface area contributed by atoms with Gasteiger partial charge in [-0.25, -0.2) is 0 Å². The lowest BCUT2D eigenvalue weighted by atomic mass is 9.74. The van der Waals surface area contributed by atoms with Gasteiger partial charge in [0.05, 0.1) is 0 Å². The van der Waals surface area contributed by atoms with Gasteiger partial charge in [0.1, 0.15) is 0 Å². The van der Waals surface area contributed by atoms with E-state index in [1.807, 2.05) is 0 Å². The van der Waals surface area contributed by atoms with Gasteiger partial charge in [-0.05, 0) is 24.7 Å². The van der Waals surface area contributed by atoms with Gasteiger partial charge < -0.3 is 5.32 Å². The van der Waals surface area contributed by atoms with Crippen LogP contribution in [0.2, 0.25) is 0 Å². The zero-order chi connectivity index (χ0) is 11.6. The van der Waals surface area contributed by atoms with Crippen LogP contribution >= 0.6 is 0 Å². The van der Waals surface area contributed by atoms with Gasteiger partial charge >= 0.3 is 0 Å². The molecule has 1 heterocycles. The molecule has 2 heteroatoms. The molecule has 0 bridgehead atoms. The van der Waals surface area contributed by atoms with E-state index >= 15 is 0 Å². The second-order valence-corrected chi connectivity index (χ2v) is 6.07. The average Bonchev–Trinajstić information content (AvgIpc) is 2.63. The van der Waals surface area contributed by atoms with Gasteiger partial charge in [-0.1, -0.05) is 46.0 Å². The van der Waals surface area contributed by atoms with Gasteiger partial charge in [0, 0.05) is 12.0 Å². The van der Waals surface area contributed by atoms with Crippen molar-refractivity contribution in [3.8, 4) is 0 Å². The highest BCUT2D eigenvalue weighted by Gasteiger charge is 2.41. The van der Waals surface area contributed by atoms with Crippen LogP contribution in [0.4, 0.5) is 0 Å². The first-order valence-corrected chi connectivity index (χ1v) is 6.93. The summed E-state index contributed by atoms with van der Waals surface area (Å²) in [6, 6.07) is 0. The molecule has 0 aromatic rings. The van der Waals surface area contributed by atoms with Crippen LogP contribution in [0.1, 0.15) is 65.2 Å². The van der Waals surface area contributed by atoms with E-state index in [-0.39, 0.29) is 11.4 Å². The quantitative estimate of drug-likeness (QED) is 0.781. The summed E-state index contributed by atoms with van der Waals surface area (Å²) in [7, 11) is 0. The van der Waals surface area contributed by atoms with Crippen molar-refractivity contribution in [1.29, 1.82) is 0 Å². The van der Waals surface area contributed by atoms with Crippen molar-refractivity contribution in [3.63, 3.8) is 0 Å². The van der Waals surface area contributed by atoms with E-state index in [2.05, 4.69) is 19.2 Å². The fourth-order valence-corrected chi connectivity index (χ4v) is 3.47. The topological polar surface area (TPSA) is 29.1 Å². The highest BCUT2D eigenvalue weighted by Crippen LogP contribution is 2.38. The van der Waals surface area contributed by atoms with Crippen molar-refractivity contribution in [2.45, 2.75) is 70.8 Å². The molecule has 1 atom stereocenters. The van der Waals surface area contributed by atoms with Crippen molar-refractivity contribution >= 4 is 5.91 Å². The molecule has 1 saturated carbocycles. The molecule has 2 nitrogen and oxygen atoms in total. The Morgan fingerprint density at radius 2 is 2.00 bits per heavy atom. The lowest BCUT2D eigenvalue weighted by Crippen LogP contribution is -2.47. The van der Waals surface area contributed by atoms with Crippen LogP contribution in [-0.2, 0) is 4.79 Å². The third-order valence-electron chi connectivity index (χ3n) is 4.67. The number of hydrogen-bond donors (Lipinski definition) is 1. The number of hydrogen-bond acceptors (Lipinski definition) is 1. The Morgan fingerprint density at radius 3 is 2.50 bits per heavy atom.